The lowest BCUT2D eigenvalue weighted by Crippen LogP contribution is -2.25. The molecule has 4 nitrogen and oxygen atoms in total. The summed E-state index contributed by atoms with van der Waals surface area (Å²) < 4.78 is 27.5. The lowest BCUT2D eigenvalue weighted by atomic mass is 10.1. The highest BCUT2D eigenvalue weighted by molar-refractivity contribution is 7.91. The van der Waals surface area contributed by atoms with Gasteiger partial charge in [0.15, 0.2) is 0 Å². The molecule has 0 unspecified atom stereocenters. The van der Waals surface area contributed by atoms with Crippen molar-refractivity contribution in [2.24, 2.45) is 5.92 Å². The van der Waals surface area contributed by atoms with Crippen LogP contribution in [0, 0.1) is 5.92 Å². The number of hydrogen-bond donors (Lipinski definition) is 2. The van der Waals surface area contributed by atoms with E-state index in [-0.39, 0.29) is 0 Å². The maximum atomic E-state index is 12.2. The SMILES string of the molecule is CCNCc1ccc(S(=O)(=O)NCCC2CCCC2)s1. The molecule has 114 valence electrons. The fourth-order valence-corrected chi connectivity index (χ4v) is 5.03. The monoisotopic (exact) mass is 316 g/mol. The van der Waals surface area contributed by atoms with E-state index in [1.165, 1.54) is 37.0 Å². The molecule has 0 atom stereocenters. The summed E-state index contributed by atoms with van der Waals surface area (Å²) in [5.41, 5.74) is 0. The molecule has 20 heavy (non-hydrogen) atoms. The Balaban J connectivity index is 1.83. The van der Waals surface area contributed by atoms with E-state index in [0.717, 1.165) is 24.4 Å². The van der Waals surface area contributed by atoms with E-state index >= 15 is 0 Å². The Labute approximate surface area is 126 Å². The number of rotatable bonds is 8. The van der Waals surface area contributed by atoms with Gasteiger partial charge in [0, 0.05) is 18.0 Å². The fourth-order valence-electron chi connectivity index (χ4n) is 2.61. The van der Waals surface area contributed by atoms with E-state index in [4.69, 9.17) is 0 Å². The van der Waals surface area contributed by atoms with Gasteiger partial charge in [-0.15, -0.1) is 11.3 Å². The third kappa shape index (κ3) is 4.55. The number of hydrogen-bond acceptors (Lipinski definition) is 4. The molecule has 0 saturated heterocycles. The highest BCUT2D eigenvalue weighted by atomic mass is 32.2. The summed E-state index contributed by atoms with van der Waals surface area (Å²) in [7, 11) is -3.32. The minimum Gasteiger partial charge on any atom is -0.312 e. The fraction of sp³-hybridized carbons (Fsp3) is 0.714. The van der Waals surface area contributed by atoms with Crippen LogP contribution in [0.25, 0.3) is 0 Å². The van der Waals surface area contributed by atoms with Gasteiger partial charge in [0.05, 0.1) is 0 Å². The van der Waals surface area contributed by atoms with E-state index in [9.17, 15) is 8.42 Å². The molecular formula is C14H24N2O2S2. The molecule has 0 amide bonds. The number of sulfonamides is 1. The van der Waals surface area contributed by atoms with Gasteiger partial charge in [0.25, 0.3) is 0 Å². The van der Waals surface area contributed by atoms with E-state index in [1.54, 1.807) is 6.07 Å². The van der Waals surface area contributed by atoms with Crippen molar-refractivity contribution in [3.63, 3.8) is 0 Å². The summed E-state index contributed by atoms with van der Waals surface area (Å²) in [4.78, 5) is 1.06. The molecule has 1 aliphatic carbocycles. The Morgan fingerprint density at radius 3 is 2.75 bits per heavy atom. The van der Waals surface area contributed by atoms with Gasteiger partial charge in [0.1, 0.15) is 4.21 Å². The van der Waals surface area contributed by atoms with Gasteiger partial charge in [-0.2, -0.15) is 0 Å². The Morgan fingerprint density at radius 2 is 2.05 bits per heavy atom. The zero-order valence-electron chi connectivity index (χ0n) is 12.0. The van der Waals surface area contributed by atoms with Crippen LogP contribution in [0.5, 0.6) is 0 Å². The highest BCUT2D eigenvalue weighted by Gasteiger charge is 2.19. The molecule has 1 aromatic rings. The maximum Gasteiger partial charge on any atom is 0.250 e. The minimum absolute atomic E-state index is 0.428. The van der Waals surface area contributed by atoms with E-state index in [2.05, 4.69) is 10.0 Å². The first-order valence-electron chi connectivity index (χ1n) is 7.41. The van der Waals surface area contributed by atoms with Crippen LogP contribution < -0.4 is 10.0 Å². The predicted molar refractivity (Wildman–Crippen MR) is 83.5 cm³/mol. The van der Waals surface area contributed by atoms with Crippen molar-refractivity contribution >= 4 is 21.4 Å². The second-order valence-corrected chi connectivity index (χ2v) is 8.50. The third-order valence-electron chi connectivity index (χ3n) is 3.77. The molecule has 0 aromatic carbocycles. The van der Waals surface area contributed by atoms with Crippen LogP contribution in [-0.4, -0.2) is 21.5 Å². The molecule has 0 bridgehead atoms. The van der Waals surface area contributed by atoms with Gasteiger partial charge in [-0.25, -0.2) is 13.1 Å². The Bertz CT molecular complexity index is 505. The average molecular weight is 316 g/mol. The average Bonchev–Trinajstić information content (AvgIpc) is 3.07. The molecular weight excluding hydrogens is 292 g/mol. The standard InChI is InChI=1S/C14H24N2O2S2/c1-2-15-11-13-7-8-14(19-13)20(17,18)16-10-9-12-5-3-4-6-12/h7-8,12,15-16H,2-6,9-11H2,1H3. The van der Waals surface area contributed by atoms with Crippen LogP contribution in [-0.2, 0) is 16.6 Å². The second-order valence-electron chi connectivity index (χ2n) is 5.34. The zero-order chi connectivity index (χ0) is 14.4. The van der Waals surface area contributed by atoms with Crippen molar-refractivity contribution in [3.05, 3.63) is 17.0 Å². The third-order valence-corrected chi connectivity index (χ3v) is 6.81. The molecule has 6 heteroatoms. The van der Waals surface area contributed by atoms with Crippen molar-refractivity contribution in [1.82, 2.24) is 10.0 Å². The summed E-state index contributed by atoms with van der Waals surface area (Å²) >= 11 is 1.35. The Kier molecular flexibility index (Phi) is 6.01. The second kappa shape index (κ2) is 7.54. The van der Waals surface area contributed by atoms with E-state index < -0.39 is 10.0 Å². The van der Waals surface area contributed by atoms with E-state index in [1.807, 2.05) is 13.0 Å². The minimum atomic E-state index is -3.32. The van der Waals surface area contributed by atoms with Gasteiger partial charge in [0.2, 0.25) is 10.0 Å². The van der Waals surface area contributed by atoms with Crippen molar-refractivity contribution in [2.45, 2.75) is 49.8 Å². The van der Waals surface area contributed by atoms with Crippen LogP contribution in [0.4, 0.5) is 0 Å². The molecule has 1 heterocycles. The zero-order valence-corrected chi connectivity index (χ0v) is 13.7. The van der Waals surface area contributed by atoms with Crippen molar-refractivity contribution in [3.8, 4) is 0 Å². The Morgan fingerprint density at radius 1 is 1.30 bits per heavy atom. The number of thiophene rings is 1. The van der Waals surface area contributed by atoms with Gasteiger partial charge in [-0.1, -0.05) is 32.6 Å². The van der Waals surface area contributed by atoms with Crippen LogP contribution in [0.1, 0.15) is 43.9 Å². The van der Waals surface area contributed by atoms with E-state index in [0.29, 0.717) is 16.7 Å². The molecule has 1 saturated carbocycles. The largest absolute Gasteiger partial charge is 0.312 e. The predicted octanol–water partition coefficient (Wildman–Crippen LogP) is 2.72. The van der Waals surface area contributed by atoms with Gasteiger partial charge in [-0.3, -0.25) is 0 Å². The Hall–Kier alpha value is -0.430. The first-order chi connectivity index (χ1) is 9.62. The molecule has 0 spiro atoms. The summed E-state index contributed by atoms with van der Waals surface area (Å²) in [6.07, 6.45) is 6.09. The molecule has 2 rings (SSSR count). The molecule has 0 aliphatic heterocycles. The molecule has 1 aromatic heterocycles. The van der Waals surface area contributed by atoms with Gasteiger partial charge in [-0.05, 0) is 31.0 Å². The first kappa shape index (κ1) is 15.9. The molecule has 2 N–H and O–H groups in total. The topological polar surface area (TPSA) is 58.2 Å². The summed E-state index contributed by atoms with van der Waals surface area (Å²) in [5.74, 6) is 0.713. The number of nitrogens with one attached hydrogen (secondary N) is 2. The first-order valence-corrected chi connectivity index (χ1v) is 9.71. The van der Waals surface area contributed by atoms with Gasteiger partial charge >= 0.3 is 0 Å². The quantitative estimate of drug-likeness (QED) is 0.775. The highest BCUT2D eigenvalue weighted by Crippen LogP contribution is 2.27. The molecule has 1 fully saturated rings. The molecule has 0 radical (unpaired) electrons. The van der Waals surface area contributed by atoms with Crippen LogP contribution in [0.3, 0.4) is 0 Å². The lowest BCUT2D eigenvalue weighted by molar-refractivity contribution is 0.496. The van der Waals surface area contributed by atoms with Crippen molar-refractivity contribution in [2.75, 3.05) is 13.1 Å². The van der Waals surface area contributed by atoms with Crippen molar-refractivity contribution in [1.29, 1.82) is 0 Å². The normalized spacial score (nSPS) is 16.9. The van der Waals surface area contributed by atoms with Crippen LogP contribution >= 0.6 is 11.3 Å². The summed E-state index contributed by atoms with van der Waals surface area (Å²) in [5, 5.41) is 3.20. The maximum absolute atomic E-state index is 12.2. The summed E-state index contributed by atoms with van der Waals surface area (Å²) in [6.45, 7) is 4.22. The van der Waals surface area contributed by atoms with Gasteiger partial charge < -0.3 is 5.32 Å². The van der Waals surface area contributed by atoms with Crippen LogP contribution in [0.2, 0.25) is 0 Å². The van der Waals surface area contributed by atoms with Crippen molar-refractivity contribution < 1.29 is 8.42 Å². The smallest absolute Gasteiger partial charge is 0.250 e. The summed E-state index contributed by atoms with van der Waals surface area (Å²) in [6, 6.07) is 3.59. The molecule has 1 aliphatic rings. The lowest BCUT2D eigenvalue weighted by Gasteiger charge is -2.09. The van der Waals surface area contributed by atoms with Crippen LogP contribution in [0.15, 0.2) is 16.3 Å².